The maximum atomic E-state index is 11.8. The Morgan fingerprint density at radius 2 is 2.17 bits per heavy atom. The van der Waals surface area contributed by atoms with E-state index in [-0.39, 0.29) is 18.3 Å². The molecule has 100 valence electrons. The Labute approximate surface area is 114 Å². The molecule has 1 atom stereocenters. The summed E-state index contributed by atoms with van der Waals surface area (Å²) in [5.41, 5.74) is 1.01. The molecule has 1 saturated heterocycles. The summed E-state index contributed by atoms with van der Waals surface area (Å²) in [5, 5.41) is 6.25. The first-order valence-corrected chi connectivity index (χ1v) is 5.91. The number of rotatable bonds is 4. The van der Waals surface area contributed by atoms with E-state index in [4.69, 9.17) is 4.74 Å². The molecule has 1 amide bonds. The van der Waals surface area contributed by atoms with Crippen molar-refractivity contribution in [1.82, 2.24) is 10.6 Å². The van der Waals surface area contributed by atoms with Gasteiger partial charge in [0.25, 0.3) is 0 Å². The zero-order valence-corrected chi connectivity index (χ0v) is 11.3. The van der Waals surface area contributed by atoms with Crippen LogP contribution in [0.4, 0.5) is 0 Å². The van der Waals surface area contributed by atoms with Crippen LogP contribution in [0.25, 0.3) is 0 Å². The molecule has 0 spiro atoms. The van der Waals surface area contributed by atoms with E-state index in [2.05, 4.69) is 10.6 Å². The van der Waals surface area contributed by atoms with E-state index in [9.17, 15) is 4.79 Å². The minimum atomic E-state index is 0. The van der Waals surface area contributed by atoms with E-state index in [0.29, 0.717) is 12.5 Å². The molecule has 1 aliphatic heterocycles. The molecule has 1 aromatic carbocycles. The van der Waals surface area contributed by atoms with Gasteiger partial charge in [0, 0.05) is 12.6 Å². The van der Waals surface area contributed by atoms with Crippen LogP contribution in [-0.2, 0) is 11.2 Å². The zero-order valence-electron chi connectivity index (χ0n) is 10.4. The number of nitrogens with one attached hydrogen (secondary N) is 2. The lowest BCUT2D eigenvalue weighted by molar-refractivity contribution is -0.121. The quantitative estimate of drug-likeness (QED) is 0.863. The lowest BCUT2D eigenvalue weighted by Crippen LogP contribution is -2.37. The summed E-state index contributed by atoms with van der Waals surface area (Å²) in [6.07, 6.45) is 1.45. The fourth-order valence-corrected chi connectivity index (χ4v) is 1.99. The van der Waals surface area contributed by atoms with Gasteiger partial charge in [-0.3, -0.25) is 4.79 Å². The van der Waals surface area contributed by atoms with Crippen molar-refractivity contribution in [2.24, 2.45) is 0 Å². The predicted octanol–water partition coefficient (Wildman–Crippen LogP) is 1.14. The van der Waals surface area contributed by atoms with Gasteiger partial charge in [-0.2, -0.15) is 0 Å². The van der Waals surface area contributed by atoms with E-state index in [1.165, 1.54) is 0 Å². The molecule has 2 rings (SSSR count). The van der Waals surface area contributed by atoms with Gasteiger partial charge in [-0.05, 0) is 30.7 Å². The molecular formula is C13H19ClN2O2. The van der Waals surface area contributed by atoms with Crippen LogP contribution >= 0.6 is 12.4 Å². The highest BCUT2D eigenvalue weighted by Gasteiger charge is 2.16. The summed E-state index contributed by atoms with van der Waals surface area (Å²) < 4.78 is 5.07. The molecule has 5 heteroatoms. The molecule has 1 unspecified atom stereocenters. The second kappa shape index (κ2) is 7.24. The highest BCUT2D eigenvalue weighted by molar-refractivity contribution is 5.85. The Morgan fingerprint density at radius 1 is 1.44 bits per heavy atom. The van der Waals surface area contributed by atoms with Crippen molar-refractivity contribution in [2.45, 2.75) is 18.9 Å². The third-order valence-corrected chi connectivity index (χ3v) is 2.95. The zero-order chi connectivity index (χ0) is 12.1. The van der Waals surface area contributed by atoms with E-state index >= 15 is 0 Å². The number of carbonyl (C=O) groups excluding carboxylic acids is 1. The molecule has 18 heavy (non-hydrogen) atoms. The Balaban J connectivity index is 0.00000162. The van der Waals surface area contributed by atoms with Crippen LogP contribution in [0.15, 0.2) is 24.3 Å². The van der Waals surface area contributed by atoms with Gasteiger partial charge in [0.1, 0.15) is 5.75 Å². The SMILES string of the molecule is COc1ccc(CC(=O)NC2CCNC2)cc1.Cl. The first-order valence-electron chi connectivity index (χ1n) is 5.91. The smallest absolute Gasteiger partial charge is 0.224 e. The maximum absolute atomic E-state index is 11.8. The molecule has 2 N–H and O–H groups in total. The van der Waals surface area contributed by atoms with E-state index < -0.39 is 0 Å². The Kier molecular flexibility index (Phi) is 5.95. The van der Waals surface area contributed by atoms with Crippen molar-refractivity contribution < 1.29 is 9.53 Å². The number of methoxy groups -OCH3 is 1. The summed E-state index contributed by atoms with van der Waals surface area (Å²) in [6, 6.07) is 7.89. The van der Waals surface area contributed by atoms with Crippen LogP contribution in [0, 0.1) is 0 Å². The minimum Gasteiger partial charge on any atom is -0.497 e. The van der Waals surface area contributed by atoms with Crippen LogP contribution in [0.5, 0.6) is 5.75 Å². The molecule has 1 fully saturated rings. The number of amides is 1. The molecule has 1 heterocycles. The number of carbonyl (C=O) groups is 1. The molecule has 0 saturated carbocycles. The molecule has 4 nitrogen and oxygen atoms in total. The predicted molar refractivity (Wildman–Crippen MR) is 73.4 cm³/mol. The highest BCUT2D eigenvalue weighted by Crippen LogP contribution is 2.11. The molecule has 0 aliphatic carbocycles. The third kappa shape index (κ3) is 4.20. The Hall–Kier alpha value is -1.26. The second-order valence-electron chi connectivity index (χ2n) is 4.28. The summed E-state index contributed by atoms with van der Waals surface area (Å²) in [5.74, 6) is 0.901. The largest absolute Gasteiger partial charge is 0.497 e. The van der Waals surface area contributed by atoms with Crippen molar-refractivity contribution >= 4 is 18.3 Å². The van der Waals surface area contributed by atoms with Crippen molar-refractivity contribution in [3.8, 4) is 5.75 Å². The van der Waals surface area contributed by atoms with Crippen LogP contribution in [0.3, 0.4) is 0 Å². The third-order valence-electron chi connectivity index (χ3n) is 2.95. The monoisotopic (exact) mass is 270 g/mol. The van der Waals surface area contributed by atoms with Crippen molar-refractivity contribution in [1.29, 1.82) is 0 Å². The van der Waals surface area contributed by atoms with E-state index in [1.54, 1.807) is 7.11 Å². The van der Waals surface area contributed by atoms with Crippen LogP contribution in [0.1, 0.15) is 12.0 Å². The van der Waals surface area contributed by atoms with Gasteiger partial charge in [-0.1, -0.05) is 12.1 Å². The molecular weight excluding hydrogens is 252 g/mol. The van der Waals surface area contributed by atoms with Crippen molar-refractivity contribution in [2.75, 3.05) is 20.2 Å². The van der Waals surface area contributed by atoms with Gasteiger partial charge in [-0.25, -0.2) is 0 Å². The van der Waals surface area contributed by atoms with Crippen molar-refractivity contribution in [3.05, 3.63) is 29.8 Å². The van der Waals surface area contributed by atoms with Crippen molar-refractivity contribution in [3.63, 3.8) is 0 Å². The van der Waals surface area contributed by atoms with Gasteiger partial charge in [0.2, 0.25) is 5.91 Å². The maximum Gasteiger partial charge on any atom is 0.224 e. The highest BCUT2D eigenvalue weighted by atomic mass is 35.5. The average molecular weight is 271 g/mol. The van der Waals surface area contributed by atoms with Crippen LogP contribution in [0.2, 0.25) is 0 Å². The summed E-state index contributed by atoms with van der Waals surface area (Å²) >= 11 is 0. The molecule has 0 radical (unpaired) electrons. The van der Waals surface area contributed by atoms with Crippen LogP contribution in [-0.4, -0.2) is 32.1 Å². The fourth-order valence-electron chi connectivity index (χ4n) is 1.99. The molecule has 1 aromatic rings. The molecule has 1 aliphatic rings. The van der Waals surface area contributed by atoms with Gasteiger partial charge >= 0.3 is 0 Å². The Bertz CT molecular complexity index is 375. The normalized spacial score (nSPS) is 17.9. The van der Waals surface area contributed by atoms with Gasteiger partial charge in [-0.15, -0.1) is 12.4 Å². The van der Waals surface area contributed by atoms with E-state index in [0.717, 1.165) is 30.8 Å². The number of ether oxygens (including phenoxy) is 1. The lowest BCUT2D eigenvalue weighted by atomic mass is 10.1. The number of hydrogen-bond donors (Lipinski definition) is 2. The van der Waals surface area contributed by atoms with Gasteiger partial charge in [0.15, 0.2) is 0 Å². The first kappa shape index (κ1) is 14.8. The minimum absolute atomic E-state index is 0. The summed E-state index contributed by atoms with van der Waals surface area (Å²) in [4.78, 5) is 11.8. The Morgan fingerprint density at radius 3 is 2.72 bits per heavy atom. The molecule has 0 bridgehead atoms. The standard InChI is InChI=1S/C13H18N2O2.ClH/c1-17-12-4-2-10(3-5-12)8-13(16)15-11-6-7-14-9-11;/h2-5,11,14H,6-9H2,1H3,(H,15,16);1H. The number of halogens is 1. The topological polar surface area (TPSA) is 50.4 Å². The summed E-state index contributed by atoms with van der Waals surface area (Å²) in [6.45, 7) is 1.88. The van der Waals surface area contributed by atoms with Gasteiger partial charge < -0.3 is 15.4 Å². The average Bonchev–Trinajstić information content (AvgIpc) is 2.82. The second-order valence-corrected chi connectivity index (χ2v) is 4.28. The van der Waals surface area contributed by atoms with Gasteiger partial charge in [0.05, 0.1) is 13.5 Å². The fraction of sp³-hybridized carbons (Fsp3) is 0.462. The van der Waals surface area contributed by atoms with Crippen LogP contribution < -0.4 is 15.4 Å². The van der Waals surface area contributed by atoms with E-state index in [1.807, 2.05) is 24.3 Å². The number of benzene rings is 1. The lowest BCUT2D eigenvalue weighted by Gasteiger charge is -2.11. The number of hydrogen-bond acceptors (Lipinski definition) is 3. The molecule has 0 aromatic heterocycles. The summed E-state index contributed by atoms with van der Waals surface area (Å²) in [7, 11) is 1.63. The first-order chi connectivity index (χ1) is 8.28.